The lowest BCUT2D eigenvalue weighted by Crippen LogP contribution is -2.42. The van der Waals surface area contributed by atoms with E-state index >= 15 is 0 Å². The molecule has 1 fully saturated rings. The summed E-state index contributed by atoms with van der Waals surface area (Å²) < 4.78 is 39.1. The molecule has 2 heterocycles. The number of methoxy groups -OCH3 is 1. The van der Waals surface area contributed by atoms with E-state index in [2.05, 4.69) is 9.97 Å². The molecule has 1 aromatic heterocycles. The molecule has 2 amide bonds. The number of nitrogens with zero attached hydrogens (tertiary/aromatic N) is 4. The van der Waals surface area contributed by atoms with Crippen LogP contribution >= 0.6 is 11.6 Å². The molecule has 0 spiro atoms. The summed E-state index contributed by atoms with van der Waals surface area (Å²) in [4.78, 5) is 35.5. The Hall–Kier alpha value is -2.75. The monoisotopic (exact) mass is 442 g/mol. The summed E-state index contributed by atoms with van der Waals surface area (Å²) in [7, 11) is 1.24. The smallest absolute Gasteiger partial charge is 0.417 e. The molecule has 0 aliphatic carbocycles. The number of carbonyl (C=O) groups is 2. The molecule has 1 saturated heterocycles. The molecule has 162 valence electrons. The Kier molecular flexibility index (Phi) is 5.98. The molecule has 1 aliphatic heterocycles. The molecule has 2 aromatic rings. The zero-order valence-electron chi connectivity index (χ0n) is 17.0. The Morgan fingerprint density at radius 1 is 1.17 bits per heavy atom. The number of hydrogen-bond donors (Lipinski definition) is 0. The molecule has 1 aromatic carbocycles. The number of hydrogen-bond acceptors (Lipinski definition) is 7. The first kappa shape index (κ1) is 21.9. The van der Waals surface area contributed by atoms with E-state index in [1.165, 1.54) is 7.11 Å². The van der Waals surface area contributed by atoms with Gasteiger partial charge in [-0.3, -0.25) is 4.79 Å². The lowest BCUT2D eigenvalue weighted by molar-refractivity contribution is -0.129. The maximum absolute atomic E-state index is 14.4. The third-order valence-electron chi connectivity index (χ3n) is 4.39. The van der Waals surface area contributed by atoms with E-state index < -0.39 is 29.2 Å². The second-order valence-corrected chi connectivity index (χ2v) is 8.01. The molecule has 0 bridgehead atoms. The Bertz CT molecular complexity index is 1010. The van der Waals surface area contributed by atoms with Crippen molar-refractivity contribution in [3.05, 3.63) is 23.0 Å². The Morgan fingerprint density at radius 2 is 1.87 bits per heavy atom. The van der Waals surface area contributed by atoms with Gasteiger partial charge in [0.2, 0.25) is 11.2 Å². The van der Waals surface area contributed by atoms with Crippen molar-refractivity contribution in [1.29, 1.82) is 0 Å². The van der Waals surface area contributed by atoms with E-state index in [4.69, 9.17) is 21.1 Å². The molecule has 11 heteroatoms. The van der Waals surface area contributed by atoms with Crippen LogP contribution in [0.25, 0.3) is 10.9 Å². The van der Waals surface area contributed by atoms with Crippen molar-refractivity contribution in [3.63, 3.8) is 0 Å². The van der Waals surface area contributed by atoms with Crippen LogP contribution < -0.4 is 9.64 Å². The van der Waals surface area contributed by atoms with Crippen molar-refractivity contribution in [3.8, 4) is 5.75 Å². The van der Waals surface area contributed by atoms with Crippen molar-refractivity contribution < 1.29 is 27.8 Å². The van der Waals surface area contributed by atoms with Crippen LogP contribution in [0.3, 0.4) is 0 Å². The predicted octanol–water partition coefficient (Wildman–Crippen LogP) is 3.54. The van der Waals surface area contributed by atoms with Crippen LogP contribution in [0.2, 0.25) is 5.28 Å². The summed E-state index contributed by atoms with van der Waals surface area (Å²) in [5.74, 6) is -2.40. The minimum absolute atomic E-state index is 0.00225. The van der Waals surface area contributed by atoms with Gasteiger partial charge in [0, 0.05) is 32.1 Å². The molecule has 0 unspecified atom stereocenters. The summed E-state index contributed by atoms with van der Waals surface area (Å²) in [6.45, 7) is 5.38. The maximum Gasteiger partial charge on any atom is 0.417 e. The zero-order valence-corrected chi connectivity index (χ0v) is 17.7. The quantitative estimate of drug-likeness (QED) is 0.657. The first-order valence-electron chi connectivity index (χ1n) is 9.19. The SMILES string of the molecule is COc1c(F)cc(F)c2nc(Cl)nc(N3CCC(=O)N(C(=O)OC(C)(C)C)CC3)c12. The van der Waals surface area contributed by atoms with E-state index in [1.807, 2.05) is 0 Å². The van der Waals surface area contributed by atoms with Gasteiger partial charge in [0.15, 0.2) is 17.4 Å². The number of fused-ring (bicyclic) bond motifs is 1. The lowest BCUT2D eigenvalue weighted by atomic mass is 10.1. The van der Waals surface area contributed by atoms with E-state index in [1.54, 1.807) is 25.7 Å². The van der Waals surface area contributed by atoms with Crippen LogP contribution in [0.1, 0.15) is 27.2 Å². The van der Waals surface area contributed by atoms with Crippen LogP contribution in [-0.4, -0.2) is 59.2 Å². The summed E-state index contributed by atoms with van der Waals surface area (Å²) >= 11 is 5.97. The van der Waals surface area contributed by atoms with E-state index in [9.17, 15) is 18.4 Å². The number of imide groups is 1. The van der Waals surface area contributed by atoms with Crippen LogP contribution in [-0.2, 0) is 9.53 Å². The van der Waals surface area contributed by atoms with Crippen molar-refractivity contribution in [2.75, 3.05) is 31.6 Å². The number of rotatable bonds is 2. The number of halogens is 3. The number of anilines is 1. The predicted molar refractivity (Wildman–Crippen MR) is 106 cm³/mol. The third kappa shape index (κ3) is 4.38. The fraction of sp³-hybridized carbons (Fsp3) is 0.474. The summed E-state index contributed by atoms with van der Waals surface area (Å²) in [6.07, 6.45) is -0.794. The van der Waals surface area contributed by atoms with Gasteiger partial charge in [-0.15, -0.1) is 0 Å². The van der Waals surface area contributed by atoms with Gasteiger partial charge >= 0.3 is 6.09 Å². The van der Waals surface area contributed by atoms with Gasteiger partial charge in [0.05, 0.1) is 12.5 Å². The molecule has 0 radical (unpaired) electrons. The van der Waals surface area contributed by atoms with E-state index in [0.717, 1.165) is 4.90 Å². The number of ether oxygens (including phenoxy) is 2. The Morgan fingerprint density at radius 3 is 2.50 bits per heavy atom. The molecule has 30 heavy (non-hydrogen) atoms. The minimum Gasteiger partial charge on any atom is -0.493 e. The molecule has 1 aliphatic rings. The molecule has 8 nitrogen and oxygen atoms in total. The second kappa shape index (κ2) is 8.17. The summed E-state index contributed by atoms with van der Waals surface area (Å²) in [5, 5.41) is -0.248. The van der Waals surface area contributed by atoms with E-state index in [0.29, 0.717) is 6.07 Å². The average Bonchev–Trinajstić information content (AvgIpc) is 2.82. The van der Waals surface area contributed by atoms with Gasteiger partial charge in [-0.2, -0.15) is 4.98 Å². The number of amides is 2. The zero-order chi connectivity index (χ0) is 22.2. The highest BCUT2D eigenvalue weighted by molar-refractivity contribution is 6.29. The third-order valence-corrected chi connectivity index (χ3v) is 4.56. The number of aromatic nitrogens is 2. The number of carbonyl (C=O) groups excluding carboxylic acids is 2. The topological polar surface area (TPSA) is 84.9 Å². The van der Waals surface area contributed by atoms with Crippen LogP contribution in [0, 0.1) is 11.6 Å². The van der Waals surface area contributed by atoms with Crippen molar-refractivity contribution in [1.82, 2.24) is 14.9 Å². The summed E-state index contributed by atoms with van der Waals surface area (Å²) in [5.41, 5.74) is -0.967. The van der Waals surface area contributed by atoms with Crippen LogP contribution in [0.4, 0.5) is 19.4 Å². The first-order chi connectivity index (χ1) is 14.0. The molecule has 3 rings (SSSR count). The molecule has 0 saturated carbocycles. The Balaban J connectivity index is 2.01. The van der Waals surface area contributed by atoms with Crippen molar-refractivity contribution in [2.45, 2.75) is 32.8 Å². The van der Waals surface area contributed by atoms with Gasteiger partial charge in [-0.05, 0) is 32.4 Å². The highest BCUT2D eigenvalue weighted by Crippen LogP contribution is 2.37. The van der Waals surface area contributed by atoms with Gasteiger partial charge in [0.1, 0.15) is 16.9 Å². The highest BCUT2D eigenvalue weighted by atomic mass is 35.5. The second-order valence-electron chi connectivity index (χ2n) is 7.68. The minimum atomic E-state index is -0.921. The van der Waals surface area contributed by atoms with Crippen molar-refractivity contribution >= 4 is 40.3 Å². The normalized spacial score (nSPS) is 15.4. The van der Waals surface area contributed by atoms with Gasteiger partial charge < -0.3 is 14.4 Å². The van der Waals surface area contributed by atoms with Gasteiger partial charge in [0.25, 0.3) is 0 Å². The Labute approximate surface area is 176 Å². The first-order valence-corrected chi connectivity index (χ1v) is 9.57. The fourth-order valence-corrected chi connectivity index (χ4v) is 3.31. The molecular formula is C19H21ClF2N4O4. The van der Waals surface area contributed by atoms with Gasteiger partial charge in [-0.1, -0.05) is 0 Å². The largest absolute Gasteiger partial charge is 0.493 e. The summed E-state index contributed by atoms with van der Waals surface area (Å²) in [6, 6.07) is 0.657. The number of benzene rings is 1. The van der Waals surface area contributed by atoms with Crippen molar-refractivity contribution in [2.24, 2.45) is 0 Å². The molecule has 0 atom stereocenters. The molecular weight excluding hydrogens is 422 g/mol. The molecule has 0 N–H and O–H groups in total. The van der Waals surface area contributed by atoms with Crippen LogP contribution in [0.5, 0.6) is 5.75 Å². The highest BCUT2D eigenvalue weighted by Gasteiger charge is 2.32. The van der Waals surface area contributed by atoms with Crippen LogP contribution in [0.15, 0.2) is 6.07 Å². The van der Waals surface area contributed by atoms with E-state index in [-0.39, 0.29) is 53.8 Å². The average molecular weight is 443 g/mol. The van der Waals surface area contributed by atoms with Gasteiger partial charge in [-0.25, -0.2) is 23.5 Å². The fourth-order valence-electron chi connectivity index (χ4n) is 3.14. The lowest BCUT2D eigenvalue weighted by Gasteiger charge is -2.26. The maximum atomic E-state index is 14.4. The standard InChI is InChI=1S/C19H21ClF2N4O4/c1-19(2,3)30-18(28)26-8-7-25(6-5-12(26)27)16-13-14(23-17(20)24-16)10(21)9-11(22)15(13)29-4/h9H,5-8H2,1-4H3.